The van der Waals surface area contributed by atoms with Gasteiger partial charge in [0.05, 0.1) is 13.5 Å². The van der Waals surface area contributed by atoms with Crippen LogP contribution in [0.25, 0.3) is 22.3 Å². The van der Waals surface area contributed by atoms with Gasteiger partial charge in [-0.2, -0.15) is 0 Å². The van der Waals surface area contributed by atoms with Crippen LogP contribution in [0.5, 0.6) is 11.5 Å². The van der Waals surface area contributed by atoms with E-state index in [1.807, 2.05) is 30.3 Å². The van der Waals surface area contributed by atoms with E-state index in [-0.39, 0.29) is 0 Å². The molecule has 6 rings (SSSR count). The van der Waals surface area contributed by atoms with Crippen LogP contribution in [0, 0.1) is 0 Å². The van der Waals surface area contributed by atoms with Crippen molar-refractivity contribution in [2.24, 2.45) is 0 Å². The molecule has 0 amide bonds. The van der Waals surface area contributed by atoms with E-state index in [1.165, 1.54) is 53.4 Å². The second-order valence-corrected chi connectivity index (χ2v) is 9.83. The molecule has 3 aliphatic rings. The highest BCUT2D eigenvalue weighted by Gasteiger charge is 2.31. The van der Waals surface area contributed by atoms with Crippen LogP contribution >= 0.6 is 0 Å². The smallest absolute Gasteiger partial charge is 0.314 e. The highest BCUT2D eigenvalue weighted by Crippen LogP contribution is 2.46. The third-order valence-electron chi connectivity index (χ3n) is 7.38. The lowest BCUT2D eigenvalue weighted by Crippen LogP contribution is -2.33. The molecule has 2 aliphatic heterocycles. The van der Waals surface area contributed by atoms with Crippen molar-refractivity contribution in [3.8, 4) is 33.8 Å². The Morgan fingerprint density at radius 3 is 2.00 bits per heavy atom. The van der Waals surface area contributed by atoms with E-state index in [1.54, 1.807) is 0 Å². The first kappa shape index (κ1) is 22.9. The molecule has 2 saturated heterocycles. The molecular weight excluding hydrogens is 434 g/mol. The number of rotatable bonds is 10. The van der Waals surface area contributed by atoms with Gasteiger partial charge in [0, 0.05) is 26.2 Å². The van der Waals surface area contributed by atoms with Crippen molar-refractivity contribution < 1.29 is 14.0 Å². The maximum absolute atomic E-state index is 6.35. The molecule has 178 valence electrons. The van der Waals surface area contributed by atoms with Crippen molar-refractivity contribution >= 4 is 25.9 Å². The van der Waals surface area contributed by atoms with Crippen LogP contribution in [0.1, 0.15) is 25.7 Å². The maximum atomic E-state index is 6.35. The summed E-state index contributed by atoms with van der Waals surface area (Å²) in [6.07, 6.45) is 5.10. The van der Waals surface area contributed by atoms with Gasteiger partial charge in [-0.1, -0.05) is 42.5 Å². The molecule has 1 aliphatic carbocycles. The number of ether oxygens (including phenoxy) is 1. The monoisotopic (exact) mass is 466 g/mol. The minimum absolute atomic E-state index is 0.539. The summed E-state index contributed by atoms with van der Waals surface area (Å²) in [6.45, 7) is 5.96. The van der Waals surface area contributed by atoms with Gasteiger partial charge < -0.3 is 14.0 Å². The van der Waals surface area contributed by atoms with Crippen molar-refractivity contribution in [2.75, 3.05) is 39.6 Å². The zero-order chi connectivity index (χ0) is 23.5. The summed E-state index contributed by atoms with van der Waals surface area (Å²) in [7, 11) is 1.18. The summed E-state index contributed by atoms with van der Waals surface area (Å²) < 4.78 is 18.7. The summed E-state index contributed by atoms with van der Waals surface area (Å²) in [5.41, 5.74) is 7.52. The molecule has 2 fully saturated rings. The van der Waals surface area contributed by atoms with E-state index >= 15 is 0 Å². The zero-order valence-electron chi connectivity index (χ0n) is 20.4. The summed E-state index contributed by atoms with van der Waals surface area (Å²) in [6, 6.07) is 20.9. The first-order valence-electron chi connectivity index (χ1n) is 13.0. The van der Waals surface area contributed by atoms with E-state index in [0.717, 1.165) is 49.9 Å². The van der Waals surface area contributed by atoms with Gasteiger partial charge >= 0.3 is 15.0 Å². The Labute approximate surface area is 209 Å². The average molecular weight is 466 g/mol. The van der Waals surface area contributed by atoms with Crippen LogP contribution < -0.4 is 15.7 Å². The normalized spacial score (nSPS) is 17.0. The molecule has 3 aromatic carbocycles. The Morgan fingerprint density at radius 2 is 1.29 bits per heavy atom. The quantitative estimate of drug-likeness (QED) is 0.336. The predicted molar refractivity (Wildman–Crippen MR) is 144 cm³/mol. The Bertz CT molecular complexity index is 1160. The van der Waals surface area contributed by atoms with Gasteiger partial charge in [-0.15, -0.1) is 0 Å². The molecule has 3 aromatic rings. The van der Waals surface area contributed by atoms with E-state index in [9.17, 15) is 0 Å². The second kappa shape index (κ2) is 10.6. The fourth-order valence-corrected chi connectivity index (χ4v) is 5.57. The lowest BCUT2D eigenvalue weighted by Gasteiger charge is -2.31. The average Bonchev–Trinajstić information content (AvgIpc) is 3.59. The number of likely N-dealkylation sites (tertiary alicyclic amines) is 2. The van der Waals surface area contributed by atoms with Crippen LogP contribution in [0.15, 0.2) is 60.7 Å². The Morgan fingerprint density at radius 1 is 0.629 bits per heavy atom. The van der Waals surface area contributed by atoms with Crippen molar-refractivity contribution in [1.29, 1.82) is 0 Å². The molecular formula is C28H32B2N2O3. The number of benzene rings is 3. The standard InChI is InChI=1S/C28H32B2N2O3/c1-2-9-21(10-3-1)35-25-14-13-23-26-22(27(23)28(25)30-34-20-32-17-6-7-18-32)11-8-12-24(26)29-33-19-31-15-4-5-16-31/h1-3,8-14,29-30H,4-7,15-20H2. The highest BCUT2D eigenvalue weighted by atomic mass is 16.5. The van der Waals surface area contributed by atoms with E-state index in [2.05, 4.69) is 40.1 Å². The third kappa shape index (κ3) is 4.91. The molecule has 0 radical (unpaired) electrons. The third-order valence-corrected chi connectivity index (χ3v) is 7.38. The fraction of sp³-hybridized carbons (Fsp3) is 0.357. The highest BCUT2D eigenvalue weighted by molar-refractivity contribution is 6.55. The largest absolute Gasteiger partial charge is 0.458 e. The van der Waals surface area contributed by atoms with E-state index in [4.69, 9.17) is 14.0 Å². The SMILES string of the molecule is B(OCN1CCCC1)c1cccc2c1-c1ccc(Oc3ccccc3)c(BOCN3CCCC3)c1-2. The van der Waals surface area contributed by atoms with Crippen molar-refractivity contribution in [1.82, 2.24) is 9.80 Å². The Hall–Kier alpha value is -2.57. The summed E-state index contributed by atoms with van der Waals surface area (Å²) >= 11 is 0. The molecule has 35 heavy (non-hydrogen) atoms. The minimum atomic E-state index is 0.539. The minimum Gasteiger partial charge on any atom is -0.458 e. The van der Waals surface area contributed by atoms with Crippen LogP contribution in [0.4, 0.5) is 0 Å². The van der Waals surface area contributed by atoms with E-state index in [0.29, 0.717) is 21.7 Å². The summed E-state index contributed by atoms with van der Waals surface area (Å²) in [5, 5.41) is 0. The summed E-state index contributed by atoms with van der Waals surface area (Å²) in [4.78, 5) is 4.78. The van der Waals surface area contributed by atoms with E-state index < -0.39 is 0 Å². The van der Waals surface area contributed by atoms with Crippen LogP contribution in [0.3, 0.4) is 0 Å². The van der Waals surface area contributed by atoms with Gasteiger partial charge in [-0.25, -0.2) is 0 Å². The van der Waals surface area contributed by atoms with Gasteiger partial charge in [0.25, 0.3) is 0 Å². The van der Waals surface area contributed by atoms with Gasteiger partial charge in [0.2, 0.25) is 0 Å². The molecule has 0 atom stereocenters. The number of hydrogen-bond donors (Lipinski definition) is 0. The van der Waals surface area contributed by atoms with Gasteiger partial charge in [-0.05, 0) is 77.1 Å². The molecule has 5 nitrogen and oxygen atoms in total. The van der Waals surface area contributed by atoms with Crippen LogP contribution in [-0.2, 0) is 9.31 Å². The van der Waals surface area contributed by atoms with Gasteiger partial charge in [0.15, 0.2) is 0 Å². The molecule has 0 bridgehead atoms. The Balaban J connectivity index is 1.24. The number of nitrogens with zero attached hydrogens (tertiary/aromatic N) is 2. The fourth-order valence-electron chi connectivity index (χ4n) is 5.57. The molecule has 0 aromatic heterocycles. The van der Waals surface area contributed by atoms with Crippen molar-refractivity contribution in [3.05, 3.63) is 60.7 Å². The molecule has 7 heteroatoms. The van der Waals surface area contributed by atoms with Crippen LogP contribution in [0.2, 0.25) is 0 Å². The predicted octanol–water partition coefficient (Wildman–Crippen LogP) is 3.22. The Kier molecular flexibility index (Phi) is 6.92. The first-order valence-corrected chi connectivity index (χ1v) is 13.0. The lowest BCUT2D eigenvalue weighted by molar-refractivity contribution is 0.160. The lowest BCUT2D eigenvalue weighted by atomic mass is 9.65. The van der Waals surface area contributed by atoms with Crippen molar-refractivity contribution in [2.45, 2.75) is 25.7 Å². The van der Waals surface area contributed by atoms with Crippen LogP contribution in [-0.4, -0.2) is 64.4 Å². The molecule has 2 heterocycles. The number of para-hydroxylation sites is 1. The molecule has 0 N–H and O–H groups in total. The zero-order valence-corrected chi connectivity index (χ0v) is 20.4. The first-order chi connectivity index (χ1) is 17.4. The molecule has 0 spiro atoms. The molecule has 0 saturated carbocycles. The summed E-state index contributed by atoms with van der Waals surface area (Å²) in [5.74, 6) is 1.72. The van der Waals surface area contributed by atoms with Gasteiger partial charge in [-0.3, -0.25) is 9.80 Å². The van der Waals surface area contributed by atoms with Crippen molar-refractivity contribution in [3.63, 3.8) is 0 Å². The molecule has 0 unspecified atom stereocenters. The second-order valence-electron chi connectivity index (χ2n) is 9.83. The topological polar surface area (TPSA) is 34.2 Å². The number of fused-ring (bicyclic) bond motifs is 4. The number of hydrogen-bond acceptors (Lipinski definition) is 5. The van der Waals surface area contributed by atoms with Gasteiger partial charge in [0.1, 0.15) is 11.5 Å². The maximum Gasteiger partial charge on any atom is 0.314 e.